The van der Waals surface area contributed by atoms with Crippen molar-refractivity contribution in [1.82, 2.24) is 9.97 Å². The molecule has 27 heavy (non-hydrogen) atoms. The Morgan fingerprint density at radius 3 is 2.52 bits per heavy atom. The van der Waals surface area contributed by atoms with E-state index in [0.717, 1.165) is 43.9 Å². The van der Waals surface area contributed by atoms with Gasteiger partial charge in [0.05, 0.1) is 11.0 Å². The fraction of sp³-hybridized carbons (Fsp3) is 0.500. The third kappa shape index (κ3) is 4.97. The summed E-state index contributed by atoms with van der Waals surface area (Å²) in [5.41, 5.74) is 1.14. The molecule has 7 heteroatoms. The number of benzene rings is 1. The first-order valence-electron chi connectivity index (χ1n) is 9.30. The van der Waals surface area contributed by atoms with Crippen molar-refractivity contribution >= 4 is 15.8 Å². The van der Waals surface area contributed by atoms with E-state index in [0.29, 0.717) is 11.7 Å². The SMILES string of the molecule is CCc1cnc(N2CCC([C@@H](C)Oc3c[c]cc(S(C)(=O)=O)c3)CC2)nc1. The molecule has 6 nitrogen and oxygen atoms in total. The van der Waals surface area contributed by atoms with Crippen LogP contribution in [-0.2, 0) is 16.3 Å². The minimum Gasteiger partial charge on any atom is -0.490 e. The average molecular weight is 389 g/mol. The molecule has 1 atom stereocenters. The van der Waals surface area contributed by atoms with Crippen molar-refractivity contribution in [3.63, 3.8) is 0 Å². The number of nitrogens with zero attached hydrogens (tertiary/aromatic N) is 3. The predicted octanol–water partition coefficient (Wildman–Crippen LogP) is 2.93. The van der Waals surface area contributed by atoms with Crippen LogP contribution in [0.1, 0.15) is 32.3 Å². The third-order valence-electron chi connectivity index (χ3n) is 5.07. The van der Waals surface area contributed by atoms with Gasteiger partial charge < -0.3 is 9.64 Å². The van der Waals surface area contributed by atoms with Crippen molar-refractivity contribution in [1.29, 1.82) is 0 Å². The van der Waals surface area contributed by atoms with Gasteiger partial charge in [-0.3, -0.25) is 0 Å². The molecule has 0 unspecified atom stereocenters. The number of aromatic nitrogens is 2. The van der Waals surface area contributed by atoms with Gasteiger partial charge >= 0.3 is 0 Å². The zero-order valence-corrected chi connectivity index (χ0v) is 16.9. The molecule has 1 radical (unpaired) electrons. The Hall–Kier alpha value is -2.15. The molecule has 1 aliphatic heterocycles. The average Bonchev–Trinajstić information content (AvgIpc) is 2.68. The van der Waals surface area contributed by atoms with E-state index >= 15 is 0 Å². The highest BCUT2D eigenvalue weighted by Crippen LogP contribution is 2.27. The van der Waals surface area contributed by atoms with Gasteiger partial charge in [-0.05, 0) is 61.9 Å². The molecule has 0 aliphatic carbocycles. The number of hydrogen-bond donors (Lipinski definition) is 0. The molecular formula is C20H26N3O3S. The summed E-state index contributed by atoms with van der Waals surface area (Å²) in [6, 6.07) is 7.57. The summed E-state index contributed by atoms with van der Waals surface area (Å²) in [5, 5.41) is 0. The molecule has 145 valence electrons. The minimum atomic E-state index is -3.26. The quantitative estimate of drug-likeness (QED) is 0.758. The van der Waals surface area contributed by atoms with Crippen molar-refractivity contribution in [3.05, 3.63) is 42.2 Å². The zero-order valence-electron chi connectivity index (χ0n) is 16.1. The van der Waals surface area contributed by atoms with Gasteiger partial charge in [0.25, 0.3) is 0 Å². The summed E-state index contributed by atoms with van der Waals surface area (Å²) in [6.07, 6.45) is 7.88. The van der Waals surface area contributed by atoms with Crippen molar-refractivity contribution < 1.29 is 13.2 Å². The Bertz CT molecular complexity index is 860. The number of aryl methyl sites for hydroxylation is 1. The van der Waals surface area contributed by atoms with Gasteiger partial charge in [-0.2, -0.15) is 0 Å². The molecule has 3 rings (SSSR count). The highest BCUT2D eigenvalue weighted by Gasteiger charge is 2.26. The van der Waals surface area contributed by atoms with Gasteiger partial charge in [0.2, 0.25) is 5.95 Å². The maximum atomic E-state index is 11.7. The summed E-state index contributed by atoms with van der Waals surface area (Å²) >= 11 is 0. The molecule has 1 aromatic heterocycles. The molecule has 2 heterocycles. The second-order valence-electron chi connectivity index (χ2n) is 7.07. The fourth-order valence-electron chi connectivity index (χ4n) is 3.29. The topological polar surface area (TPSA) is 72.4 Å². The molecule has 1 aromatic carbocycles. The molecule has 0 bridgehead atoms. The van der Waals surface area contributed by atoms with E-state index in [4.69, 9.17) is 4.74 Å². The standard InChI is InChI=1S/C20H26N3O3S/c1-4-16-13-21-20(22-14-16)23-10-8-17(9-11-23)15(2)26-18-6-5-7-19(12-18)27(3,24)25/h6-7,12-15,17H,4,8-11H2,1-3H3/t15-/m1/s1. The van der Waals surface area contributed by atoms with Gasteiger partial charge in [-0.1, -0.05) is 6.92 Å². The van der Waals surface area contributed by atoms with Crippen molar-refractivity contribution in [2.45, 2.75) is 44.1 Å². The first kappa shape index (κ1) is 19.6. The Balaban J connectivity index is 1.57. The number of hydrogen-bond acceptors (Lipinski definition) is 6. The summed E-state index contributed by atoms with van der Waals surface area (Å²) in [4.78, 5) is 11.4. The molecule has 0 amide bonds. The highest BCUT2D eigenvalue weighted by atomic mass is 32.2. The first-order chi connectivity index (χ1) is 12.9. The Morgan fingerprint density at radius 1 is 1.26 bits per heavy atom. The molecule has 2 aromatic rings. The van der Waals surface area contributed by atoms with Crippen LogP contribution in [-0.4, -0.2) is 43.8 Å². The molecular weight excluding hydrogens is 362 g/mol. The van der Waals surface area contributed by atoms with Crippen molar-refractivity contribution in [2.75, 3.05) is 24.2 Å². The molecule has 0 spiro atoms. The lowest BCUT2D eigenvalue weighted by Crippen LogP contribution is -2.39. The summed E-state index contributed by atoms with van der Waals surface area (Å²) in [7, 11) is -3.26. The number of piperidine rings is 1. The van der Waals surface area contributed by atoms with Gasteiger partial charge in [0.1, 0.15) is 5.75 Å². The molecule has 1 fully saturated rings. The lowest BCUT2D eigenvalue weighted by molar-refractivity contribution is 0.132. The third-order valence-corrected chi connectivity index (χ3v) is 6.16. The first-order valence-corrected chi connectivity index (χ1v) is 11.2. The summed E-state index contributed by atoms with van der Waals surface area (Å²) in [5.74, 6) is 1.74. The lowest BCUT2D eigenvalue weighted by Gasteiger charge is -2.34. The summed E-state index contributed by atoms with van der Waals surface area (Å²) < 4.78 is 29.4. The zero-order chi connectivity index (χ0) is 19.4. The van der Waals surface area contributed by atoms with Crippen LogP contribution in [0.5, 0.6) is 5.75 Å². The maximum absolute atomic E-state index is 11.7. The van der Waals surface area contributed by atoms with E-state index in [-0.39, 0.29) is 11.0 Å². The predicted molar refractivity (Wildman–Crippen MR) is 105 cm³/mol. The smallest absolute Gasteiger partial charge is 0.225 e. The normalized spacial score (nSPS) is 16.9. The van der Waals surface area contributed by atoms with Crippen LogP contribution in [0.25, 0.3) is 0 Å². The van der Waals surface area contributed by atoms with E-state index in [1.807, 2.05) is 19.3 Å². The Labute approximate surface area is 161 Å². The molecule has 0 saturated carbocycles. The highest BCUT2D eigenvalue weighted by molar-refractivity contribution is 7.90. The van der Waals surface area contributed by atoms with Gasteiger partial charge in [0, 0.05) is 31.7 Å². The van der Waals surface area contributed by atoms with Crippen LogP contribution in [0.3, 0.4) is 0 Å². The second kappa shape index (κ2) is 8.25. The molecule has 0 N–H and O–H groups in total. The lowest BCUT2D eigenvalue weighted by atomic mass is 9.92. The molecule has 1 aliphatic rings. The van der Waals surface area contributed by atoms with Crippen molar-refractivity contribution in [3.8, 4) is 5.75 Å². The van der Waals surface area contributed by atoms with E-state index in [1.165, 1.54) is 12.3 Å². The number of ether oxygens (including phenoxy) is 1. The van der Waals surface area contributed by atoms with E-state index in [1.54, 1.807) is 12.1 Å². The van der Waals surface area contributed by atoms with E-state index in [2.05, 4.69) is 27.9 Å². The van der Waals surface area contributed by atoms with Crippen LogP contribution in [0.2, 0.25) is 0 Å². The van der Waals surface area contributed by atoms with E-state index in [9.17, 15) is 8.42 Å². The Morgan fingerprint density at radius 2 is 1.93 bits per heavy atom. The van der Waals surface area contributed by atoms with Crippen molar-refractivity contribution in [2.24, 2.45) is 5.92 Å². The largest absolute Gasteiger partial charge is 0.490 e. The summed E-state index contributed by atoms with van der Waals surface area (Å²) in [6.45, 7) is 5.91. The Kier molecular flexibility index (Phi) is 5.99. The minimum absolute atomic E-state index is 0.00116. The second-order valence-corrected chi connectivity index (χ2v) is 9.08. The number of anilines is 1. The maximum Gasteiger partial charge on any atom is 0.225 e. The van der Waals surface area contributed by atoms with Gasteiger partial charge in [-0.15, -0.1) is 0 Å². The van der Waals surface area contributed by atoms with Crippen LogP contribution in [0, 0.1) is 12.0 Å². The fourth-order valence-corrected chi connectivity index (χ4v) is 3.90. The molecule has 1 saturated heterocycles. The number of rotatable bonds is 6. The van der Waals surface area contributed by atoms with Crippen LogP contribution >= 0.6 is 0 Å². The van der Waals surface area contributed by atoms with Crippen LogP contribution in [0.15, 0.2) is 35.5 Å². The number of sulfone groups is 1. The van der Waals surface area contributed by atoms with Gasteiger partial charge in [0.15, 0.2) is 9.84 Å². The van der Waals surface area contributed by atoms with E-state index < -0.39 is 9.84 Å². The monoisotopic (exact) mass is 388 g/mol. The van der Waals surface area contributed by atoms with Crippen LogP contribution in [0.4, 0.5) is 5.95 Å². The van der Waals surface area contributed by atoms with Crippen LogP contribution < -0.4 is 9.64 Å². The van der Waals surface area contributed by atoms with Gasteiger partial charge in [-0.25, -0.2) is 18.4 Å².